The zero-order valence-electron chi connectivity index (χ0n) is 25.4. The second kappa shape index (κ2) is 14.6. The first kappa shape index (κ1) is 32.7. The highest BCUT2D eigenvalue weighted by Gasteiger charge is 2.31. The molecule has 12 heteroatoms. The molecule has 45 heavy (non-hydrogen) atoms. The summed E-state index contributed by atoms with van der Waals surface area (Å²) in [5, 5.41) is 7.18. The number of nitrogens with one attached hydrogen (secondary N) is 2. The van der Waals surface area contributed by atoms with Gasteiger partial charge in [0.25, 0.3) is 0 Å². The van der Waals surface area contributed by atoms with Crippen molar-refractivity contribution in [2.75, 3.05) is 69.2 Å². The van der Waals surface area contributed by atoms with Crippen LogP contribution in [-0.4, -0.2) is 76.8 Å². The molecule has 240 valence electrons. The number of nitrogens with zero attached hydrogens (tertiary/aromatic N) is 3. The third-order valence-electron chi connectivity index (χ3n) is 8.24. The molecule has 2 aliphatic rings. The van der Waals surface area contributed by atoms with Crippen LogP contribution in [-0.2, 0) is 11.2 Å². The van der Waals surface area contributed by atoms with Crippen molar-refractivity contribution >= 4 is 38.5 Å². The fourth-order valence-electron chi connectivity index (χ4n) is 5.93. The van der Waals surface area contributed by atoms with Gasteiger partial charge in [0.15, 0.2) is 5.75 Å². The lowest BCUT2D eigenvalue weighted by molar-refractivity contribution is -0.126. The van der Waals surface area contributed by atoms with Crippen LogP contribution in [0.3, 0.4) is 0 Å². The molecule has 1 aliphatic carbocycles. The van der Waals surface area contributed by atoms with E-state index in [1.165, 1.54) is 17.4 Å². The molecule has 2 N–H and O–H groups in total. The van der Waals surface area contributed by atoms with E-state index in [1.807, 2.05) is 11.0 Å². The summed E-state index contributed by atoms with van der Waals surface area (Å²) in [5.74, 6) is 5.71. The lowest BCUT2D eigenvalue weighted by Gasteiger charge is -2.33. The maximum atomic E-state index is 15.1. The molecule has 0 unspecified atom stereocenters. The number of ether oxygens (including phenoxy) is 2. The Balaban J connectivity index is 1.37. The first-order chi connectivity index (χ1) is 21.6. The highest BCUT2D eigenvalue weighted by atomic mass is 32.1. The van der Waals surface area contributed by atoms with Gasteiger partial charge in [0.05, 0.1) is 52.8 Å². The van der Waals surface area contributed by atoms with Crippen molar-refractivity contribution in [1.82, 2.24) is 4.90 Å². The summed E-state index contributed by atoms with van der Waals surface area (Å²) in [5.41, 5.74) is 1.66. The molecule has 2 aromatic carbocycles. The van der Waals surface area contributed by atoms with Gasteiger partial charge in [-0.2, -0.15) is 13.2 Å². The van der Waals surface area contributed by atoms with Gasteiger partial charge in [0, 0.05) is 37.3 Å². The zero-order chi connectivity index (χ0) is 32.0. The van der Waals surface area contributed by atoms with Crippen molar-refractivity contribution in [3.05, 3.63) is 58.0 Å². The second-order valence-electron chi connectivity index (χ2n) is 11.5. The topological polar surface area (TPSA) is 53.4 Å². The monoisotopic (exact) mass is 643 g/mol. The van der Waals surface area contributed by atoms with Crippen LogP contribution in [0.25, 0.3) is 14.9 Å². The number of alkyl halides is 3. The molecule has 0 spiro atoms. The Morgan fingerprint density at radius 2 is 1.89 bits per heavy atom. The molecule has 0 atom stereocenters. The maximum absolute atomic E-state index is 15.1. The van der Waals surface area contributed by atoms with E-state index in [-0.39, 0.29) is 24.9 Å². The standard InChI is InChI=1S/C33H37F4N5O2S/c1-38-21-44-30-19-29(42-14-16-43-17-15-42)26(34)18-28(30)39-13-5-8-31-25(20-33(35,36)37)24-6-4-7-27(32(24)45-31)40-22-9-11-23(12-10-22)41(2)3/h4,6-7,18-19,22-23,39-40H,9-17,20-21H2,2-3H3. The Bertz CT molecular complexity index is 1580. The average molecular weight is 644 g/mol. The van der Waals surface area contributed by atoms with E-state index in [4.69, 9.17) is 16.0 Å². The molecule has 1 saturated heterocycles. The van der Waals surface area contributed by atoms with Crippen molar-refractivity contribution in [2.24, 2.45) is 0 Å². The SMILES string of the molecule is [C-]#[N+]COc1cc(N2CCOCC2)c(F)cc1NCC#Cc1sc2c(NC3CCC(N(C)C)CC3)cccc2c1CC(F)(F)F. The van der Waals surface area contributed by atoms with Crippen molar-refractivity contribution in [3.63, 3.8) is 0 Å². The van der Waals surface area contributed by atoms with E-state index < -0.39 is 18.4 Å². The van der Waals surface area contributed by atoms with Gasteiger partial charge >= 0.3 is 12.9 Å². The number of rotatable bonds is 9. The molecule has 2 heterocycles. The number of halogens is 4. The Kier molecular flexibility index (Phi) is 10.6. The Morgan fingerprint density at radius 3 is 2.58 bits per heavy atom. The predicted molar refractivity (Wildman–Crippen MR) is 172 cm³/mol. The highest BCUT2D eigenvalue weighted by Crippen LogP contribution is 2.40. The minimum absolute atomic E-state index is 0.0324. The number of thiophene rings is 1. The maximum Gasteiger partial charge on any atom is 0.393 e. The number of morpholine rings is 1. The van der Waals surface area contributed by atoms with E-state index in [9.17, 15) is 13.2 Å². The molecule has 1 aliphatic heterocycles. The number of hydrogen-bond acceptors (Lipinski definition) is 7. The Hall–Kier alpha value is -3.71. The van der Waals surface area contributed by atoms with Crippen LogP contribution in [0.15, 0.2) is 30.3 Å². The molecule has 0 bridgehead atoms. The van der Waals surface area contributed by atoms with Crippen LogP contribution < -0.4 is 20.3 Å². The van der Waals surface area contributed by atoms with Gasteiger partial charge < -0.3 is 29.9 Å². The van der Waals surface area contributed by atoms with Gasteiger partial charge in [-0.1, -0.05) is 24.0 Å². The van der Waals surface area contributed by atoms with E-state index in [0.29, 0.717) is 59.7 Å². The van der Waals surface area contributed by atoms with Crippen LogP contribution >= 0.6 is 11.3 Å². The van der Waals surface area contributed by atoms with Crippen molar-refractivity contribution in [1.29, 1.82) is 0 Å². The van der Waals surface area contributed by atoms with E-state index in [1.54, 1.807) is 18.2 Å². The number of benzene rings is 2. The quantitative estimate of drug-likeness (QED) is 0.149. The summed E-state index contributed by atoms with van der Waals surface area (Å²) in [4.78, 5) is 7.69. The van der Waals surface area contributed by atoms with E-state index in [2.05, 4.69) is 46.3 Å². The van der Waals surface area contributed by atoms with Gasteiger partial charge in [0.2, 0.25) is 0 Å². The summed E-state index contributed by atoms with van der Waals surface area (Å²) < 4.78 is 67.9. The third kappa shape index (κ3) is 8.31. The fraction of sp³-hybridized carbons (Fsp3) is 0.485. The van der Waals surface area contributed by atoms with Gasteiger partial charge in [-0.15, -0.1) is 11.3 Å². The normalized spacial score (nSPS) is 18.8. The summed E-state index contributed by atoms with van der Waals surface area (Å²) >= 11 is 1.26. The van der Waals surface area contributed by atoms with Crippen LogP contribution in [0.5, 0.6) is 5.75 Å². The first-order valence-corrected chi connectivity index (χ1v) is 15.8. The van der Waals surface area contributed by atoms with Crippen LogP contribution in [0.2, 0.25) is 0 Å². The van der Waals surface area contributed by atoms with Crippen molar-refractivity contribution < 1.29 is 27.0 Å². The molecular weight excluding hydrogens is 606 g/mol. The second-order valence-corrected chi connectivity index (χ2v) is 12.5. The van der Waals surface area contributed by atoms with Gasteiger partial charge in [-0.3, -0.25) is 4.85 Å². The molecule has 2 fully saturated rings. The molecule has 1 saturated carbocycles. The Labute approximate surface area is 265 Å². The van der Waals surface area contributed by atoms with Gasteiger partial charge in [-0.05, 0) is 56.8 Å². The molecular formula is C33H37F4N5O2S. The molecule has 7 nitrogen and oxygen atoms in total. The molecule has 3 aromatic rings. The molecule has 1 aromatic heterocycles. The van der Waals surface area contributed by atoms with Crippen LogP contribution in [0, 0.1) is 24.2 Å². The minimum Gasteiger partial charge on any atom is -0.424 e. The number of hydrogen-bond donors (Lipinski definition) is 2. The lowest BCUT2D eigenvalue weighted by Crippen LogP contribution is -2.36. The fourth-order valence-corrected chi connectivity index (χ4v) is 7.10. The third-order valence-corrected chi connectivity index (χ3v) is 9.43. The summed E-state index contributed by atoms with van der Waals surface area (Å²) in [7, 11) is 4.18. The van der Waals surface area contributed by atoms with Crippen molar-refractivity contribution in [3.8, 4) is 17.6 Å². The highest BCUT2D eigenvalue weighted by molar-refractivity contribution is 7.20. The minimum atomic E-state index is -4.40. The zero-order valence-corrected chi connectivity index (χ0v) is 26.2. The van der Waals surface area contributed by atoms with Crippen molar-refractivity contribution in [2.45, 2.75) is 50.4 Å². The summed E-state index contributed by atoms with van der Waals surface area (Å²) in [6.45, 7) is 8.90. The van der Waals surface area contributed by atoms with Crippen LogP contribution in [0.4, 0.5) is 34.6 Å². The summed E-state index contributed by atoms with van der Waals surface area (Å²) in [6.07, 6.45) is -1.35. The molecule has 5 rings (SSSR count). The Morgan fingerprint density at radius 1 is 1.13 bits per heavy atom. The average Bonchev–Trinajstić information content (AvgIpc) is 3.36. The largest absolute Gasteiger partial charge is 0.424 e. The smallest absolute Gasteiger partial charge is 0.393 e. The van der Waals surface area contributed by atoms with Gasteiger partial charge in [-0.25, -0.2) is 11.0 Å². The number of anilines is 3. The molecule has 0 amide bonds. The van der Waals surface area contributed by atoms with E-state index >= 15 is 4.39 Å². The molecule has 0 radical (unpaired) electrons. The number of fused-ring (bicyclic) bond motifs is 1. The van der Waals surface area contributed by atoms with Gasteiger partial charge in [0.1, 0.15) is 5.82 Å². The first-order valence-electron chi connectivity index (χ1n) is 15.0. The summed E-state index contributed by atoms with van der Waals surface area (Å²) in [6, 6.07) is 9.09. The van der Waals surface area contributed by atoms with Crippen LogP contribution in [0.1, 0.15) is 36.1 Å². The predicted octanol–water partition coefficient (Wildman–Crippen LogP) is 6.99. The van der Waals surface area contributed by atoms with E-state index in [0.717, 1.165) is 36.1 Å². The lowest BCUT2D eigenvalue weighted by atomic mass is 9.90.